The van der Waals surface area contributed by atoms with E-state index in [4.69, 9.17) is 5.11 Å². The Balaban J connectivity index is 1.41. The molecule has 0 bridgehead atoms. The molecule has 8 heteroatoms. The maximum absolute atomic E-state index is 13.6. The highest BCUT2D eigenvalue weighted by atomic mass is 16.4. The van der Waals surface area contributed by atoms with Gasteiger partial charge in [-0.05, 0) is 47.7 Å². The van der Waals surface area contributed by atoms with E-state index in [-0.39, 0.29) is 30.7 Å². The third kappa shape index (κ3) is 9.82. The number of carbonyl (C=O) groups is 3. The summed E-state index contributed by atoms with van der Waals surface area (Å²) < 4.78 is 0. The van der Waals surface area contributed by atoms with Crippen molar-refractivity contribution in [3.63, 3.8) is 0 Å². The molecule has 1 fully saturated rings. The van der Waals surface area contributed by atoms with E-state index in [2.05, 4.69) is 65.3 Å². The standard InChI is InChI=1S/C35H42N4O4/c1-27-10-9-15-31(24-27)36-35(43)39(19-18-32(29-11-5-3-6-12-29)30-13-7-4-8-14-30)26-28(2)25-37-20-22-38(23-21-37)33(40)16-17-34(41)42/h3-15,24,32H,2,16-23,25-26H2,1H3,(H,36,43)(H,41,42). The van der Waals surface area contributed by atoms with Crippen molar-refractivity contribution in [1.29, 1.82) is 0 Å². The Morgan fingerprint density at radius 3 is 2.09 bits per heavy atom. The number of carboxylic acid groups (broad SMARTS) is 1. The number of urea groups is 1. The quantitative estimate of drug-likeness (QED) is 0.255. The van der Waals surface area contributed by atoms with Crippen LogP contribution in [0.5, 0.6) is 0 Å². The molecule has 226 valence electrons. The number of hydrogen-bond acceptors (Lipinski definition) is 4. The van der Waals surface area contributed by atoms with Crippen LogP contribution in [0.15, 0.2) is 97.1 Å². The Bertz CT molecular complexity index is 1330. The van der Waals surface area contributed by atoms with Gasteiger partial charge < -0.3 is 20.2 Å². The van der Waals surface area contributed by atoms with Gasteiger partial charge in [-0.1, -0.05) is 79.4 Å². The molecule has 0 radical (unpaired) electrons. The molecule has 0 saturated carbocycles. The molecule has 1 heterocycles. The molecule has 0 aromatic heterocycles. The summed E-state index contributed by atoms with van der Waals surface area (Å²) in [5, 5.41) is 12.0. The summed E-state index contributed by atoms with van der Waals surface area (Å²) in [6.07, 6.45) is 0.630. The molecule has 0 spiro atoms. The lowest BCUT2D eigenvalue weighted by Gasteiger charge is -2.35. The van der Waals surface area contributed by atoms with Crippen molar-refractivity contribution < 1.29 is 19.5 Å². The molecular weight excluding hydrogens is 540 g/mol. The second kappa shape index (κ2) is 15.7. The van der Waals surface area contributed by atoms with Crippen molar-refractivity contribution in [2.24, 2.45) is 0 Å². The highest BCUT2D eigenvalue weighted by Gasteiger charge is 2.24. The van der Waals surface area contributed by atoms with E-state index in [1.165, 1.54) is 11.1 Å². The third-order valence-corrected chi connectivity index (χ3v) is 7.79. The number of carbonyl (C=O) groups excluding carboxylic acids is 2. The zero-order valence-corrected chi connectivity index (χ0v) is 25.0. The summed E-state index contributed by atoms with van der Waals surface area (Å²) in [6.45, 7) is 10.4. The van der Waals surface area contributed by atoms with Crippen molar-refractivity contribution >= 4 is 23.6 Å². The van der Waals surface area contributed by atoms with Crippen LogP contribution in [0.1, 0.15) is 41.9 Å². The zero-order chi connectivity index (χ0) is 30.6. The van der Waals surface area contributed by atoms with E-state index in [1.807, 2.05) is 48.2 Å². The molecular formula is C35H42N4O4. The lowest BCUT2D eigenvalue weighted by molar-refractivity contribution is -0.141. The smallest absolute Gasteiger partial charge is 0.322 e. The van der Waals surface area contributed by atoms with Gasteiger partial charge in [-0.15, -0.1) is 0 Å². The van der Waals surface area contributed by atoms with Gasteiger partial charge in [0.15, 0.2) is 0 Å². The number of benzene rings is 3. The average Bonchev–Trinajstić information content (AvgIpc) is 3.01. The number of carboxylic acids is 1. The number of nitrogens with one attached hydrogen (secondary N) is 1. The molecule has 1 saturated heterocycles. The summed E-state index contributed by atoms with van der Waals surface area (Å²) in [4.78, 5) is 42.6. The van der Waals surface area contributed by atoms with E-state index in [1.54, 1.807) is 4.90 Å². The fraction of sp³-hybridized carbons (Fsp3) is 0.343. The van der Waals surface area contributed by atoms with Crippen molar-refractivity contribution in [2.75, 3.05) is 51.1 Å². The van der Waals surface area contributed by atoms with Gasteiger partial charge in [0.25, 0.3) is 0 Å². The SMILES string of the molecule is C=C(CN1CCN(C(=O)CCC(=O)O)CC1)CN(CCC(c1ccccc1)c1ccccc1)C(=O)Nc1cccc(C)c1. The summed E-state index contributed by atoms with van der Waals surface area (Å²) in [7, 11) is 0. The van der Waals surface area contributed by atoms with Crippen molar-refractivity contribution in [2.45, 2.75) is 32.1 Å². The fourth-order valence-electron chi connectivity index (χ4n) is 5.52. The van der Waals surface area contributed by atoms with E-state index < -0.39 is 5.97 Å². The second-order valence-corrected chi connectivity index (χ2v) is 11.2. The van der Waals surface area contributed by atoms with Gasteiger partial charge in [-0.2, -0.15) is 0 Å². The van der Waals surface area contributed by atoms with Crippen LogP contribution >= 0.6 is 0 Å². The molecule has 1 aliphatic heterocycles. The predicted molar refractivity (Wildman–Crippen MR) is 170 cm³/mol. The lowest BCUT2D eigenvalue weighted by atomic mass is 9.88. The van der Waals surface area contributed by atoms with E-state index >= 15 is 0 Å². The average molecular weight is 583 g/mol. The minimum Gasteiger partial charge on any atom is -0.481 e. The minimum absolute atomic E-state index is 0.0278. The number of piperazine rings is 1. The van der Waals surface area contributed by atoms with Crippen LogP contribution in [0.3, 0.4) is 0 Å². The van der Waals surface area contributed by atoms with Crippen LogP contribution in [-0.2, 0) is 9.59 Å². The predicted octanol–water partition coefficient (Wildman–Crippen LogP) is 5.62. The maximum atomic E-state index is 13.6. The van der Waals surface area contributed by atoms with Crippen LogP contribution < -0.4 is 5.32 Å². The molecule has 1 aliphatic rings. The number of nitrogens with zero attached hydrogens (tertiary/aromatic N) is 3. The number of rotatable bonds is 13. The van der Waals surface area contributed by atoms with Crippen LogP contribution in [0.4, 0.5) is 10.5 Å². The number of hydrogen-bond donors (Lipinski definition) is 2. The number of aryl methyl sites for hydroxylation is 1. The molecule has 2 N–H and O–H groups in total. The van der Waals surface area contributed by atoms with Crippen LogP contribution in [0.25, 0.3) is 0 Å². The summed E-state index contributed by atoms with van der Waals surface area (Å²) in [5.41, 5.74) is 5.17. The van der Waals surface area contributed by atoms with Crippen LogP contribution in [-0.4, -0.2) is 83.5 Å². The van der Waals surface area contributed by atoms with Crippen LogP contribution in [0, 0.1) is 6.92 Å². The second-order valence-electron chi connectivity index (χ2n) is 11.2. The van der Waals surface area contributed by atoms with Gasteiger partial charge in [0, 0.05) is 63.8 Å². The third-order valence-electron chi connectivity index (χ3n) is 7.79. The normalized spacial score (nSPS) is 13.5. The van der Waals surface area contributed by atoms with Gasteiger partial charge in [0.1, 0.15) is 0 Å². The van der Waals surface area contributed by atoms with Crippen molar-refractivity contribution in [3.8, 4) is 0 Å². The largest absolute Gasteiger partial charge is 0.481 e. The zero-order valence-electron chi connectivity index (χ0n) is 25.0. The lowest BCUT2D eigenvalue weighted by Crippen LogP contribution is -2.49. The van der Waals surface area contributed by atoms with E-state index in [9.17, 15) is 14.4 Å². The molecule has 43 heavy (non-hydrogen) atoms. The minimum atomic E-state index is -0.960. The molecule has 3 aromatic rings. The highest BCUT2D eigenvalue weighted by molar-refractivity contribution is 5.89. The Kier molecular flexibility index (Phi) is 11.5. The first-order valence-corrected chi connectivity index (χ1v) is 14.9. The first kappa shape index (κ1) is 31.5. The van der Waals surface area contributed by atoms with Crippen LogP contribution in [0.2, 0.25) is 0 Å². The molecule has 3 aromatic carbocycles. The van der Waals surface area contributed by atoms with Gasteiger partial charge in [-0.3, -0.25) is 14.5 Å². The number of amides is 3. The fourth-order valence-corrected chi connectivity index (χ4v) is 5.52. The van der Waals surface area contributed by atoms with E-state index in [0.29, 0.717) is 45.8 Å². The first-order chi connectivity index (χ1) is 20.8. The molecule has 0 atom stereocenters. The van der Waals surface area contributed by atoms with Crippen molar-refractivity contribution in [1.82, 2.24) is 14.7 Å². The van der Waals surface area contributed by atoms with Gasteiger partial charge >= 0.3 is 12.0 Å². The van der Waals surface area contributed by atoms with E-state index in [0.717, 1.165) is 23.2 Å². The van der Waals surface area contributed by atoms with Crippen molar-refractivity contribution in [3.05, 3.63) is 114 Å². The highest BCUT2D eigenvalue weighted by Crippen LogP contribution is 2.28. The molecule has 8 nitrogen and oxygen atoms in total. The van der Waals surface area contributed by atoms with Gasteiger partial charge in [0.05, 0.1) is 6.42 Å². The number of aliphatic carboxylic acids is 1. The maximum Gasteiger partial charge on any atom is 0.322 e. The van der Waals surface area contributed by atoms with Gasteiger partial charge in [-0.25, -0.2) is 4.79 Å². The molecule has 4 rings (SSSR count). The molecule has 0 unspecified atom stereocenters. The monoisotopic (exact) mass is 582 g/mol. The first-order valence-electron chi connectivity index (χ1n) is 14.9. The Hall–Kier alpha value is -4.43. The molecule has 0 aliphatic carbocycles. The van der Waals surface area contributed by atoms with Gasteiger partial charge in [0.2, 0.25) is 5.91 Å². The molecule has 3 amide bonds. The summed E-state index contributed by atoms with van der Waals surface area (Å²) in [6, 6.07) is 28.4. The number of anilines is 1. The Morgan fingerprint density at radius 2 is 1.51 bits per heavy atom. The Labute approximate surface area is 254 Å². The topological polar surface area (TPSA) is 93.2 Å². The Morgan fingerprint density at radius 1 is 0.884 bits per heavy atom. The summed E-state index contributed by atoms with van der Waals surface area (Å²) >= 11 is 0. The summed E-state index contributed by atoms with van der Waals surface area (Å²) in [5.74, 6) is -0.943.